The number of ether oxygens (including phenoxy) is 1. The van der Waals surface area contributed by atoms with Crippen molar-refractivity contribution in [2.24, 2.45) is 0 Å². The van der Waals surface area contributed by atoms with Gasteiger partial charge in [-0.3, -0.25) is 0 Å². The Kier molecular flexibility index (Phi) is 4.18. The number of nitrogens with zero attached hydrogens (tertiary/aromatic N) is 2. The molecule has 1 saturated carbocycles. The summed E-state index contributed by atoms with van der Waals surface area (Å²) in [5.74, 6) is 3.06. The summed E-state index contributed by atoms with van der Waals surface area (Å²) in [6, 6.07) is 0. The Morgan fingerprint density at radius 2 is 2.22 bits per heavy atom. The summed E-state index contributed by atoms with van der Waals surface area (Å²) < 4.78 is 5.76. The number of unbranched alkanes of at least 4 members (excludes halogenated alkanes) is 1. The first kappa shape index (κ1) is 12.9. The Morgan fingerprint density at radius 1 is 1.44 bits per heavy atom. The van der Waals surface area contributed by atoms with Crippen molar-refractivity contribution in [1.82, 2.24) is 9.97 Å². The minimum Gasteiger partial charge on any atom is -0.477 e. The summed E-state index contributed by atoms with van der Waals surface area (Å²) >= 11 is 0. The summed E-state index contributed by atoms with van der Waals surface area (Å²) in [5, 5.41) is 3.11. The number of hydrogen-bond donors (Lipinski definition) is 1. The molecular formula is C14H21N3O. The van der Waals surface area contributed by atoms with Gasteiger partial charge in [-0.2, -0.15) is 4.98 Å². The second-order valence-corrected chi connectivity index (χ2v) is 4.66. The average molecular weight is 247 g/mol. The average Bonchev–Trinajstić information content (AvgIpc) is 3.20. The highest BCUT2D eigenvalue weighted by Gasteiger charge is 2.28. The van der Waals surface area contributed by atoms with Gasteiger partial charge < -0.3 is 10.1 Å². The minimum atomic E-state index is 0.535. The summed E-state index contributed by atoms with van der Waals surface area (Å²) in [6.07, 6.45) is 6.24. The van der Waals surface area contributed by atoms with Gasteiger partial charge in [-0.1, -0.05) is 6.08 Å². The number of nitrogens with one attached hydrogen (secondary N) is 1. The van der Waals surface area contributed by atoms with E-state index < -0.39 is 0 Å². The molecule has 1 heterocycles. The molecule has 0 radical (unpaired) electrons. The van der Waals surface area contributed by atoms with E-state index in [1.807, 2.05) is 20.0 Å². The van der Waals surface area contributed by atoms with Crippen LogP contribution in [0, 0.1) is 6.92 Å². The summed E-state index contributed by atoms with van der Waals surface area (Å²) in [6.45, 7) is 6.37. The Morgan fingerprint density at radius 3 is 2.83 bits per heavy atom. The molecule has 0 aliphatic heterocycles. The summed E-state index contributed by atoms with van der Waals surface area (Å²) in [7, 11) is 1.88. The number of anilines is 1. The molecule has 0 spiro atoms. The zero-order valence-electron chi connectivity index (χ0n) is 11.2. The lowest BCUT2D eigenvalue weighted by atomic mass is 10.3. The van der Waals surface area contributed by atoms with E-state index in [2.05, 4.69) is 21.9 Å². The van der Waals surface area contributed by atoms with Crippen LogP contribution >= 0.6 is 0 Å². The van der Waals surface area contributed by atoms with Gasteiger partial charge in [0, 0.05) is 13.0 Å². The van der Waals surface area contributed by atoms with Crippen molar-refractivity contribution < 1.29 is 4.74 Å². The van der Waals surface area contributed by atoms with E-state index in [1.165, 1.54) is 12.8 Å². The third-order valence-corrected chi connectivity index (χ3v) is 3.09. The number of rotatable bonds is 7. The number of allylic oxidation sites excluding steroid dienone is 1. The maximum absolute atomic E-state index is 5.76. The first-order valence-corrected chi connectivity index (χ1v) is 6.56. The fourth-order valence-corrected chi connectivity index (χ4v) is 1.82. The van der Waals surface area contributed by atoms with Crippen molar-refractivity contribution in [2.45, 2.75) is 38.5 Å². The minimum absolute atomic E-state index is 0.535. The van der Waals surface area contributed by atoms with E-state index in [4.69, 9.17) is 4.74 Å². The second-order valence-electron chi connectivity index (χ2n) is 4.66. The molecule has 4 heteroatoms. The maximum Gasteiger partial charge on any atom is 0.221 e. The third-order valence-electron chi connectivity index (χ3n) is 3.09. The molecule has 2 rings (SSSR count). The molecule has 1 fully saturated rings. The van der Waals surface area contributed by atoms with Gasteiger partial charge in [0.15, 0.2) is 0 Å². The molecule has 1 aromatic heterocycles. The van der Waals surface area contributed by atoms with Gasteiger partial charge in [0.25, 0.3) is 0 Å². The molecule has 1 aliphatic carbocycles. The Labute approximate surface area is 108 Å². The molecular weight excluding hydrogens is 226 g/mol. The second kappa shape index (κ2) is 5.85. The van der Waals surface area contributed by atoms with Crippen molar-refractivity contribution >= 4 is 5.82 Å². The predicted molar refractivity (Wildman–Crippen MR) is 73.2 cm³/mol. The van der Waals surface area contributed by atoms with Gasteiger partial charge in [0.1, 0.15) is 11.6 Å². The predicted octanol–water partition coefficient (Wildman–Crippen LogP) is 3.05. The van der Waals surface area contributed by atoms with Crippen molar-refractivity contribution in [2.75, 3.05) is 19.0 Å². The van der Waals surface area contributed by atoms with E-state index in [-0.39, 0.29) is 0 Å². The third kappa shape index (κ3) is 3.00. The molecule has 18 heavy (non-hydrogen) atoms. The smallest absolute Gasteiger partial charge is 0.221 e. The summed E-state index contributed by atoms with van der Waals surface area (Å²) in [4.78, 5) is 9.08. The van der Waals surface area contributed by atoms with Crippen LogP contribution in [0.4, 0.5) is 5.82 Å². The van der Waals surface area contributed by atoms with Crippen LogP contribution in [0.1, 0.15) is 43.0 Å². The molecule has 0 saturated heterocycles. The van der Waals surface area contributed by atoms with E-state index in [9.17, 15) is 0 Å². The Bertz CT molecular complexity index is 427. The molecule has 0 aromatic carbocycles. The van der Waals surface area contributed by atoms with Crippen molar-refractivity contribution in [3.63, 3.8) is 0 Å². The molecule has 1 aromatic rings. The van der Waals surface area contributed by atoms with Crippen molar-refractivity contribution in [3.8, 4) is 5.88 Å². The number of hydrogen-bond acceptors (Lipinski definition) is 4. The van der Waals surface area contributed by atoms with Gasteiger partial charge in [-0.05, 0) is 32.6 Å². The first-order chi connectivity index (χ1) is 8.76. The van der Waals surface area contributed by atoms with Crippen LogP contribution in [0.3, 0.4) is 0 Å². The van der Waals surface area contributed by atoms with E-state index in [0.29, 0.717) is 12.5 Å². The molecule has 1 aliphatic rings. The monoisotopic (exact) mass is 247 g/mol. The standard InChI is InChI=1S/C14H21N3O/c1-4-5-6-9-18-14-10(2)12(15-3)16-13(17-14)11-7-8-11/h4,11H,1,5-9H2,2-3H3,(H,15,16,17). The molecule has 0 atom stereocenters. The van der Waals surface area contributed by atoms with Crippen LogP contribution in [-0.2, 0) is 0 Å². The highest BCUT2D eigenvalue weighted by molar-refractivity contribution is 5.48. The quantitative estimate of drug-likeness (QED) is 0.594. The molecule has 4 nitrogen and oxygen atoms in total. The van der Waals surface area contributed by atoms with Crippen LogP contribution in [0.2, 0.25) is 0 Å². The number of aromatic nitrogens is 2. The van der Waals surface area contributed by atoms with Crippen LogP contribution in [-0.4, -0.2) is 23.6 Å². The van der Waals surface area contributed by atoms with E-state index in [1.54, 1.807) is 0 Å². The van der Waals surface area contributed by atoms with E-state index >= 15 is 0 Å². The Balaban J connectivity index is 2.10. The van der Waals surface area contributed by atoms with Crippen LogP contribution in [0.15, 0.2) is 12.7 Å². The van der Waals surface area contributed by atoms with Crippen molar-refractivity contribution in [3.05, 3.63) is 24.0 Å². The fraction of sp³-hybridized carbons (Fsp3) is 0.571. The van der Waals surface area contributed by atoms with Crippen LogP contribution in [0.25, 0.3) is 0 Å². The molecule has 0 amide bonds. The highest BCUT2D eigenvalue weighted by Crippen LogP contribution is 2.39. The first-order valence-electron chi connectivity index (χ1n) is 6.56. The summed E-state index contributed by atoms with van der Waals surface area (Å²) in [5.41, 5.74) is 0.987. The fourth-order valence-electron chi connectivity index (χ4n) is 1.82. The van der Waals surface area contributed by atoms with Gasteiger partial charge in [-0.15, -0.1) is 6.58 Å². The molecule has 0 unspecified atom stereocenters. The van der Waals surface area contributed by atoms with Crippen LogP contribution in [0.5, 0.6) is 5.88 Å². The largest absolute Gasteiger partial charge is 0.477 e. The lowest BCUT2D eigenvalue weighted by molar-refractivity contribution is 0.296. The SMILES string of the molecule is C=CCCCOc1nc(C2CC2)nc(NC)c1C. The van der Waals surface area contributed by atoms with Gasteiger partial charge in [0.2, 0.25) is 5.88 Å². The van der Waals surface area contributed by atoms with Gasteiger partial charge in [0.05, 0.1) is 12.2 Å². The zero-order valence-corrected chi connectivity index (χ0v) is 11.2. The Hall–Kier alpha value is -1.58. The molecule has 1 N–H and O–H groups in total. The highest BCUT2D eigenvalue weighted by atomic mass is 16.5. The van der Waals surface area contributed by atoms with E-state index in [0.717, 1.165) is 35.9 Å². The lowest BCUT2D eigenvalue weighted by Crippen LogP contribution is -2.07. The molecule has 0 bridgehead atoms. The topological polar surface area (TPSA) is 47.0 Å². The lowest BCUT2D eigenvalue weighted by Gasteiger charge is -2.12. The maximum atomic E-state index is 5.76. The molecule has 98 valence electrons. The zero-order chi connectivity index (χ0) is 13.0. The normalized spacial score (nSPS) is 14.3. The van der Waals surface area contributed by atoms with Gasteiger partial charge in [-0.25, -0.2) is 4.98 Å². The van der Waals surface area contributed by atoms with Gasteiger partial charge >= 0.3 is 0 Å². The van der Waals surface area contributed by atoms with Crippen LogP contribution < -0.4 is 10.1 Å². The van der Waals surface area contributed by atoms with Crippen molar-refractivity contribution in [1.29, 1.82) is 0 Å².